The normalized spacial score (nSPS) is 12.6. The number of imidazole rings is 1. The first kappa shape index (κ1) is 15.8. The van der Waals surface area contributed by atoms with Crippen LogP contribution >= 0.6 is 0 Å². The van der Waals surface area contributed by atoms with Crippen LogP contribution in [0.2, 0.25) is 0 Å². The zero-order valence-electron chi connectivity index (χ0n) is 13.7. The highest BCUT2D eigenvalue weighted by Crippen LogP contribution is 2.18. The Morgan fingerprint density at radius 3 is 2.38 bits per heavy atom. The minimum absolute atomic E-state index is 0.336. The average molecular weight is 285 g/mol. The van der Waals surface area contributed by atoms with E-state index in [1.807, 2.05) is 6.33 Å². The summed E-state index contributed by atoms with van der Waals surface area (Å²) in [7, 11) is 0. The minimum Gasteiger partial charge on any atom is -0.333 e. The first-order valence-electron chi connectivity index (χ1n) is 7.96. The first-order valence-corrected chi connectivity index (χ1v) is 7.96. The summed E-state index contributed by atoms with van der Waals surface area (Å²) >= 11 is 0. The summed E-state index contributed by atoms with van der Waals surface area (Å²) in [6.07, 6.45) is 4.18. The van der Waals surface area contributed by atoms with Crippen molar-refractivity contribution in [1.82, 2.24) is 14.9 Å². The molecule has 0 radical (unpaired) electrons. The third-order valence-corrected chi connectivity index (χ3v) is 4.16. The molecule has 0 amide bonds. The molecule has 0 aliphatic heterocycles. The molecule has 0 spiro atoms. The summed E-state index contributed by atoms with van der Waals surface area (Å²) in [5, 5.41) is 3.66. The van der Waals surface area contributed by atoms with E-state index in [9.17, 15) is 0 Å². The van der Waals surface area contributed by atoms with E-state index in [0.717, 1.165) is 31.6 Å². The maximum atomic E-state index is 4.41. The quantitative estimate of drug-likeness (QED) is 0.838. The number of rotatable bonds is 7. The summed E-state index contributed by atoms with van der Waals surface area (Å²) in [4.78, 5) is 4.41. The number of aryl methyl sites for hydroxylation is 2. The highest BCUT2D eigenvalue weighted by Gasteiger charge is 2.13. The Bertz CT molecular complexity index is 554. The van der Waals surface area contributed by atoms with Gasteiger partial charge in [-0.25, -0.2) is 4.98 Å². The zero-order chi connectivity index (χ0) is 15.2. The van der Waals surface area contributed by atoms with Crippen LogP contribution in [0, 0.1) is 13.8 Å². The lowest BCUT2D eigenvalue weighted by molar-refractivity contribution is 0.458. The van der Waals surface area contributed by atoms with Crippen LogP contribution in [0.3, 0.4) is 0 Å². The summed E-state index contributed by atoms with van der Waals surface area (Å²) in [6, 6.07) is 9.32. The average Bonchev–Trinajstić information content (AvgIpc) is 2.83. The fourth-order valence-corrected chi connectivity index (χ4v) is 2.52. The topological polar surface area (TPSA) is 29.9 Å². The SMILES string of the molecule is CCCNC(Cn1cnc(C)c1C)c1ccc(CC)cc1. The van der Waals surface area contributed by atoms with Crippen LogP contribution in [0.1, 0.15) is 48.8 Å². The summed E-state index contributed by atoms with van der Waals surface area (Å²) in [5.74, 6) is 0. The molecule has 2 rings (SSSR count). The summed E-state index contributed by atoms with van der Waals surface area (Å²) < 4.78 is 2.25. The van der Waals surface area contributed by atoms with E-state index in [2.05, 4.69) is 66.8 Å². The lowest BCUT2D eigenvalue weighted by Crippen LogP contribution is -2.26. The first-order chi connectivity index (χ1) is 10.2. The Labute approximate surface area is 128 Å². The van der Waals surface area contributed by atoms with Gasteiger partial charge in [-0.3, -0.25) is 0 Å². The van der Waals surface area contributed by atoms with Gasteiger partial charge in [0.1, 0.15) is 0 Å². The molecule has 0 aliphatic rings. The van der Waals surface area contributed by atoms with Gasteiger partial charge in [-0.1, -0.05) is 38.1 Å². The Balaban J connectivity index is 2.18. The van der Waals surface area contributed by atoms with E-state index in [0.29, 0.717) is 6.04 Å². The number of hydrogen-bond donors (Lipinski definition) is 1. The Morgan fingerprint density at radius 1 is 1.14 bits per heavy atom. The molecule has 0 saturated carbocycles. The van der Waals surface area contributed by atoms with Crippen LogP contribution in [0.25, 0.3) is 0 Å². The molecule has 0 fully saturated rings. The van der Waals surface area contributed by atoms with Crippen molar-refractivity contribution in [3.8, 4) is 0 Å². The van der Waals surface area contributed by atoms with E-state index < -0.39 is 0 Å². The molecule has 1 N–H and O–H groups in total. The van der Waals surface area contributed by atoms with Crippen LogP contribution in [0.15, 0.2) is 30.6 Å². The van der Waals surface area contributed by atoms with Crippen molar-refractivity contribution in [1.29, 1.82) is 0 Å². The van der Waals surface area contributed by atoms with Gasteiger partial charge in [0.25, 0.3) is 0 Å². The number of nitrogens with one attached hydrogen (secondary N) is 1. The van der Waals surface area contributed by atoms with Gasteiger partial charge in [0.2, 0.25) is 0 Å². The second kappa shape index (κ2) is 7.41. The van der Waals surface area contributed by atoms with Crippen molar-refractivity contribution in [2.45, 2.75) is 53.1 Å². The molecule has 2 aromatic rings. The van der Waals surface area contributed by atoms with Crippen molar-refractivity contribution in [3.63, 3.8) is 0 Å². The van der Waals surface area contributed by atoms with Crippen molar-refractivity contribution in [2.75, 3.05) is 6.54 Å². The Kier molecular flexibility index (Phi) is 5.57. The van der Waals surface area contributed by atoms with Gasteiger partial charge in [0.05, 0.1) is 18.1 Å². The summed E-state index contributed by atoms with van der Waals surface area (Å²) in [5.41, 5.74) is 5.11. The summed E-state index contributed by atoms with van der Waals surface area (Å²) in [6.45, 7) is 10.6. The molecular formula is C18H27N3. The number of aromatic nitrogens is 2. The number of hydrogen-bond acceptors (Lipinski definition) is 2. The number of benzene rings is 1. The van der Waals surface area contributed by atoms with Crippen molar-refractivity contribution in [3.05, 3.63) is 53.1 Å². The smallest absolute Gasteiger partial charge is 0.0952 e. The molecule has 1 unspecified atom stereocenters. The van der Waals surface area contributed by atoms with Crippen molar-refractivity contribution in [2.24, 2.45) is 0 Å². The molecule has 1 atom stereocenters. The second-order valence-electron chi connectivity index (χ2n) is 5.67. The molecule has 3 heteroatoms. The molecule has 1 aromatic carbocycles. The third kappa shape index (κ3) is 3.94. The van der Waals surface area contributed by atoms with Gasteiger partial charge in [-0.15, -0.1) is 0 Å². The standard InChI is InChI=1S/C18H27N3/c1-5-11-19-18(12-21-13-20-14(3)15(21)4)17-9-7-16(6-2)8-10-17/h7-10,13,18-19H,5-6,11-12H2,1-4H3. The monoisotopic (exact) mass is 285 g/mol. The molecule has 3 nitrogen and oxygen atoms in total. The number of nitrogens with zero attached hydrogens (tertiary/aromatic N) is 2. The largest absolute Gasteiger partial charge is 0.333 e. The van der Waals surface area contributed by atoms with E-state index in [4.69, 9.17) is 0 Å². The molecule has 0 bridgehead atoms. The Hall–Kier alpha value is -1.61. The molecule has 21 heavy (non-hydrogen) atoms. The molecule has 1 heterocycles. The van der Waals surface area contributed by atoms with Crippen molar-refractivity contribution >= 4 is 0 Å². The lowest BCUT2D eigenvalue weighted by Gasteiger charge is -2.21. The third-order valence-electron chi connectivity index (χ3n) is 4.16. The van der Waals surface area contributed by atoms with E-state index >= 15 is 0 Å². The van der Waals surface area contributed by atoms with E-state index in [-0.39, 0.29) is 0 Å². The highest BCUT2D eigenvalue weighted by molar-refractivity contribution is 5.25. The molecule has 114 valence electrons. The van der Waals surface area contributed by atoms with Gasteiger partial charge in [-0.2, -0.15) is 0 Å². The van der Waals surface area contributed by atoms with Gasteiger partial charge in [0, 0.05) is 12.2 Å². The maximum Gasteiger partial charge on any atom is 0.0952 e. The lowest BCUT2D eigenvalue weighted by atomic mass is 10.0. The van der Waals surface area contributed by atoms with E-state index in [1.165, 1.54) is 16.8 Å². The second-order valence-corrected chi connectivity index (χ2v) is 5.67. The van der Waals surface area contributed by atoms with Crippen LogP contribution in [-0.4, -0.2) is 16.1 Å². The van der Waals surface area contributed by atoms with Gasteiger partial charge in [-0.05, 0) is 44.4 Å². The fraction of sp³-hybridized carbons (Fsp3) is 0.500. The maximum absolute atomic E-state index is 4.41. The zero-order valence-corrected chi connectivity index (χ0v) is 13.7. The van der Waals surface area contributed by atoms with Gasteiger partial charge in [0.15, 0.2) is 0 Å². The van der Waals surface area contributed by atoms with Gasteiger partial charge < -0.3 is 9.88 Å². The molecule has 0 saturated heterocycles. The van der Waals surface area contributed by atoms with Crippen molar-refractivity contribution < 1.29 is 0 Å². The van der Waals surface area contributed by atoms with Gasteiger partial charge >= 0.3 is 0 Å². The highest BCUT2D eigenvalue weighted by atomic mass is 15.1. The molecular weight excluding hydrogens is 258 g/mol. The predicted octanol–water partition coefficient (Wildman–Crippen LogP) is 3.80. The minimum atomic E-state index is 0.336. The van der Waals surface area contributed by atoms with Crippen LogP contribution in [0.5, 0.6) is 0 Å². The van der Waals surface area contributed by atoms with Crippen LogP contribution in [-0.2, 0) is 13.0 Å². The molecule has 1 aromatic heterocycles. The van der Waals surface area contributed by atoms with E-state index in [1.54, 1.807) is 0 Å². The Morgan fingerprint density at radius 2 is 1.86 bits per heavy atom. The van der Waals surface area contributed by atoms with Crippen LogP contribution in [0.4, 0.5) is 0 Å². The fourth-order valence-electron chi connectivity index (χ4n) is 2.52. The van der Waals surface area contributed by atoms with Crippen LogP contribution < -0.4 is 5.32 Å². The molecule has 0 aliphatic carbocycles. The predicted molar refractivity (Wildman–Crippen MR) is 88.6 cm³/mol.